The van der Waals surface area contributed by atoms with E-state index in [0.717, 1.165) is 4.88 Å². The molecule has 1 aromatic heterocycles. The van der Waals surface area contributed by atoms with Gasteiger partial charge in [-0.15, -0.1) is 11.3 Å². The maximum Gasteiger partial charge on any atom is 0.251 e. The summed E-state index contributed by atoms with van der Waals surface area (Å²) in [6.07, 6.45) is 0. The van der Waals surface area contributed by atoms with Crippen molar-refractivity contribution in [2.75, 3.05) is 5.32 Å². The number of hydrogen-bond donors (Lipinski definition) is 2. The van der Waals surface area contributed by atoms with E-state index in [1.165, 1.54) is 6.92 Å². The summed E-state index contributed by atoms with van der Waals surface area (Å²) in [4.78, 5) is 24.1. The Balaban J connectivity index is 2.00. The van der Waals surface area contributed by atoms with E-state index in [9.17, 15) is 9.59 Å². The van der Waals surface area contributed by atoms with E-state index in [1.54, 1.807) is 35.6 Å². The van der Waals surface area contributed by atoms with Gasteiger partial charge >= 0.3 is 0 Å². The lowest BCUT2D eigenvalue weighted by Crippen LogP contribution is -2.26. The molecule has 1 heterocycles. The van der Waals surface area contributed by atoms with Gasteiger partial charge < -0.3 is 10.6 Å². The highest BCUT2D eigenvalue weighted by molar-refractivity contribution is 7.10. The smallest absolute Gasteiger partial charge is 0.251 e. The van der Waals surface area contributed by atoms with Crippen LogP contribution < -0.4 is 10.6 Å². The van der Waals surface area contributed by atoms with Crippen LogP contribution in [0.25, 0.3) is 0 Å². The fraction of sp³-hybridized carbons (Fsp3) is 0.200. The first kappa shape index (κ1) is 14.3. The zero-order valence-electron chi connectivity index (χ0n) is 11.3. The number of carbonyl (C=O) groups excluding carboxylic acids is 2. The quantitative estimate of drug-likeness (QED) is 0.907. The Labute approximate surface area is 121 Å². The highest BCUT2D eigenvalue weighted by Gasteiger charge is 2.12. The predicted octanol–water partition coefficient (Wildman–Crippen LogP) is 3.20. The van der Waals surface area contributed by atoms with E-state index >= 15 is 0 Å². The third kappa shape index (κ3) is 3.68. The van der Waals surface area contributed by atoms with E-state index in [4.69, 9.17) is 0 Å². The second kappa shape index (κ2) is 6.34. The Kier molecular flexibility index (Phi) is 4.53. The van der Waals surface area contributed by atoms with Gasteiger partial charge in [0.15, 0.2) is 0 Å². The minimum absolute atomic E-state index is 0.0162. The molecule has 1 aromatic carbocycles. The Bertz CT molecular complexity index is 591. The topological polar surface area (TPSA) is 58.2 Å². The number of rotatable bonds is 4. The Hall–Kier alpha value is -2.14. The van der Waals surface area contributed by atoms with Crippen LogP contribution >= 0.6 is 11.3 Å². The molecule has 104 valence electrons. The van der Waals surface area contributed by atoms with Gasteiger partial charge in [0.25, 0.3) is 5.91 Å². The fourth-order valence-electron chi connectivity index (χ4n) is 1.80. The SMILES string of the molecule is CC(=O)Nc1ccc(C(=O)N[C@@H](C)c2cccs2)cc1. The zero-order valence-corrected chi connectivity index (χ0v) is 12.2. The molecule has 0 fully saturated rings. The van der Waals surface area contributed by atoms with Crippen LogP contribution in [0.1, 0.15) is 35.1 Å². The molecule has 20 heavy (non-hydrogen) atoms. The molecule has 5 heteroatoms. The molecule has 0 aliphatic rings. The van der Waals surface area contributed by atoms with Crippen molar-refractivity contribution in [2.24, 2.45) is 0 Å². The summed E-state index contributed by atoms with van der Waals surface area (Å²) in [5.41, 5.74) is 1.25. The van der Waals surface area contributed by atoms with Gasteiger partial charge in [-0.1, -0.05) is 6.07 Å². The van der Waals surface area contributed by atoms with Crippen LogP contribution in [0, 0.1) is 0 Å². The molecule has 0 saturated carbocycles. The normalized spacial score (nSPS) is 11.7. The van der Waals surface area contributed by atoms with Crippen molar-refractivity contribution in [1.82, 2.24) is 5.32 Å². The first-order valence-corrected chi connectivity index (χ1v) is 7.16. The van der Waals surface area contributed by atoms with Crippen molar-refractivity contribution in [2.45, 2.75) is 19.9 Å². The third-order valence-corrected chi connectivity index (χ3v) is 3.84. The molecular formula is C15H16N2O2S. The van der Waals surface area contributed by atoms with Crippen molar-refractivity contribution in [1.29, 1.82) is 0 Å². The minimum Gasteiger partial charge on any atom is -0.345 e. The van der Waals surface area contributed by atoms with Crippen LogP contribution in [-0.4, -0.2) is 11.8 Å². The summed E-state index contributed by atoms with van der Waals surface area (Å²) in [6, 6.07) is 10.8. The number of carbonyl (C=O) groups is 2. The molecule has 0 spiro atoms. The summed E-state index contributed by atoms with van der Waals surface area (Å²) in [6.45, 7) is 3.40. The molecular weight excluding hydrogens is 272 g/mol. The average Bonchev–Trinajstić information content (AvgIpc) is 2.92. The number of anilines is 1. The Morgan fingerprint density at radius 1 is 1.15 bits per heavy atom. The first-order chi connectivity index (χ1) is 9.56. The van der Waals surface area contributed by atoms with Gasteiger partial charge in [-0.05, 0) is 42.6 Å². The highest BCUT2D eigenvalue weighted by Crippen LogP contribution is 2.19. The lowest BCUT2D eigenvalue weighted by molar-refractivity contribution is -0.114. The van der Waals surface area contributed by atoms with Crippen molar-refractivity contribution in [3.63, 3.8) is 0 Å². The van der Waals surface area contributed by atoms with Gasteiger partial charge in [-0.25, -0.2) is 0 Å². The maximum absolute atomic E-state index is 12.1. The summed E-state index contributed by atoms with van der Waals surface area (Å²) < 4.78 is 0. The summed E-state index contributed by atoms with van der Waals surface area (Å²) >= 11 is 1.62. The largest absolute Gasteiger partial charge is 0.345 e. The number of benzene rings is 1. The molecule has 2 aromatic rings. The number of thiophene rings is 1. The molecule has 2 N–H and O–H groups in total. The molecule has 1 atom stereocenters. The van der Waals surface area contributed by atoms with Crippen molar-refractivity contribution in [3.05, 3.63) is 52.2 Å². The lowest BCUT2D eigenvalue weighted by atomic mass is 10.1. The van der Waals surface area contributed by atoms with Crippen molar-refractivity contribution < 1.29 is 9.59 Å². The van der Waals surface area contributed by atoms with Gasteiger partial charge in [0, 0.05) is 23.1 Å². The van der Waals surface area contributed by atoms with Crippen molar-refractivity contribution >= 4 is 28.8 Å². The fourth-order valence-corrected chi connectivity index (χ4v) is 2.53. The maximum atomic E-state index is 12.1. The van der Waals surface area contributed by atoms with E-state index in [1.807, 2.05) is 24.4 Å². The lowest BCUT2D eigenvalue weighted by Gasteiger charge is -2.12. The number of hydrogen-bond acceptors (Lipinski definition) is 3. The molecule has 0 aliphatic carbocycles. The summed E-state index contributed by atoms with van der Waals surface area (Å²) in [7, 11) is 0. The van der Waals surface area contributed by atoms with Crippen LogP contribution in [0.4, 0.5) is 5.69 Å². The molecule has 0 radical (unpaired) electrons. The van der Waals surface area contributed by atoms with Crippen LogP contribution in [0.15, 0.2) is 41.8 Å². The number of amides is 2. The Morgan fingerprint density at radius 2 is 1.85 bits per heavy atom. The minimum atomic E-state index is -0.131. The number of nitrogens with one attached hydrogen (secondary N) is 2. The van der Waals surface area contributed by atoms with Crippen LogP contribution in [0.2, 0.25) is 0 Å². The van der Waals surface area contributed by atoms with Crippen LogP contribution in [-0.2, 0) is 4.79 Å². The van der Waals surface area contributed by atoms with Crippen molar-refractivity contribution in [3.8, 4) is 0 Å². The average molecular weight is 288 g/mol. The third-order valence-electron chi connectivity index (χ3n) is 2.79. The molecule has 4 nitrogen and oxygen atoms in total. The van der Waals surface area contributed by atoms with Crippen LogP contribution in [0.3, 0.4) is 0 Å². The van der Waals surface area contributed by atoms with E-state index in [2.05, 4.69) is 10.6 Å². The molecule has 0 unspecified atom stereocenters. The highest BCUT2D eigenvalue weighted by atomic mass is 32.1. The monoisotopic (exact) mass is 288 g/mol. The Morgan fingerprint density at radius 3 is 2.40 bits per heavy atom. The van der Waals surface area contributed by atoms with Gasteiger partial charge in [-0.3, -0.25) is 9.59 Å². The molecule has 0 saturated heterocycles. The second-order valence-electron chi connectivity index (χ2n) is 4.47. The van der Waals surface area contributed by atoms with Gasteiger partial charge in [-0.2, -0.15) is 0 Å². The first-order valence-electron chi connectivity index (χ1n) is 6.28. The molecule has 2 rings (SSSR count). The van der Waals surface area contributed by atoms with E-state index in [0.29, 0.717) is 11.3 Å². The summed E-state index contributed by atoms with van der Waals surface area (Å²) in [5, 5.41) is 7.59. The predicted molar refractivity (Wildman–Crippen MR) is 80.9 cm³/mol. The standard InChI is InChI=1S/C15H16N2O2S/c1-10(14-4-3-9-20-14)16-15(19)12-5-7-13(8-6-12)17-11(2)18/h3-10H,1-2H3,(H,16,19)(H,17,18)/t10-/m0/s1. The zero-order chi connectivity index (χ0) is 14.5. The molecule has 0 bridgehead atoms. The van der Waals surface area contributed by atoms with E-state index < -0.39 is 0 Å². The van der Waals surface area contributed by atoms with Gasteiger partial charge in [0.1, 0.15) is 0 Å². The van der Waals surface area contributed by atoms with Gasteiger partial charge in [0.2, 0.25) is 5.91 Å². The summed E-state index contributed by atoms with van der Waals surface area (Å²) in [5.74, 6) is -0.256. The van der Waals surface area contributed by atoms with Gasteiger partial charge in [0.05, 0.1) is 6.04 Å². The second-order valence-corrected chi connectivity index (χ2v) is 5.45. The van der Waals surface area contributed by atoms with E-state index in [-0.39, 0.29) is 17.9 Å². The van der Waals surface area contributed by atoms with Crippen LogP contribution in [0.5, 0.6) is 0 Å². The molecule has 0 aliphatic heterocycles. The molecule has 2 amide bonds.